The van der Waals surface area contributed by atoms with Crippen LogP contribution in [-0.4, -0.2) is 39.1 Å². The maximum Gasteiger partial charge on any atom is 0.264 e. The summed E-state index contributed by atoms with van der Waals surface area (Å²) in [5.74, 6) is 2.12. The van der Waals surface area contributed by atoms with Gasteiger partial charge in [0.05, 0.1) is 16.6 Å². The Morgan fingerprint density at radius 1 is 1.11 bits per heavy atom. The molecule has 8 nitrogen and oxygen atoms in total. The van der Waals surface area contributed by atoms with E-state index in [0.717, 1.165) is 65.0 Å². The number of carbonyl (C=O) groups excluding carboxylic acids is 1. The lowest BCUT2D eigenvalue weighted by molar-refractivity contribution is -0.127. The van der Waals surface area contributed by atoms with E-state index < -0.39 is 0 Å². The number of aromatic nitrogens is 3. The van der Waals surface area contributed by atoms with Crippen LogP contribution >= 0.6 is 0 Å². The molecule has 2 aromatic carbocycles. The molecule has 2 aliphatic rings. The molecule has 1 aliphatic heterocycles. The van der Waals surface area contributed by atoms with Crippen molar-refractivity contribution in [2.24, 2.45) is 5.92 Å². The lowest BCUT2D eigenvalue weighted by Crippen LogP contribution is -2.40. The highest BCUT2D eigenvalue weighted by Crippen LogP contribution is 2.36. The number of nitrogens with two attached hydrogens (primary N) is 1. The highest BCUT2D eigenvalue weighted by Gasteiger charge is 2.30. The van der Waals surface area contributed by atoms with Crippen molar-refractivity contribution >= 4 is 22.6 Å². The molecule has 2 aromatic heterocycles. The molecular weight excluding hydrogens is 476 g/mol. The predicted octanol–water partition coefficient (Wildman–Crippen LogP) is 5.57. The first-order valence-corrected chi connectivity index (χ1v) is 13.0. The second-order valence-corrected chi connectivity index (χ2v) is 9.99. The predicted molar refractivity (Wildman–Crippen MR) is 145 cm³/mol. The Hall–Kier alpha value is -4.64. The van der Waals surface area contributed by atoms with Crippen LogP contribution in [0.25, 0.3) is 22.2 Å². The summed E-state index contributed by atoms with van der Waals surface area (Å²) in [4.78, 5) is 20.0. The van der Waals surface area contributed by atoms with Crippen molar-refractivity contribution < 1.29 is 9.53 Å². The molecule has 0 spiro atoms. The van der Waals surface area contributed by atoms with E-state index >= 15 is 0 Å². The Morgan fingerprint density at radius 2 is 1.87 bits per heavy atom. The third kappa shape index (κ3) is 4.83. The smallest absolute Gasteiger partial charge is 0.264 e. The number of pyridine rings is 1. The van der Waals surface area contributed by atoms with Gasteiger partial charge in [-0.25, -0.2) is 0 Å². The summed E-state index contributed by atoms with van der Waals surface area (Å²) in [6, 6.07) is 21.5. The third-order valence-electron chi connectivity index (χ3n) is 7.20. The van der Waals surface area contributed by atoms with Gasteiger partial charge in [-0.05, 0) is 74.1 Å². The molecular formula is C30H28N6O2. The van der Waals surface area contributed by atoms with Gasteiger partial charge in [0.1, 0.15) is 23.1 Å². The van der Waals surface area contributed by atoms with E-state index in [4.69, 9.17) is 15.5 Å². The molecule has 1 atom stereocenters. The summed E-state index contributed by atoms with van der Waals surface area (Å²) >= 11 is 0. The van der Waals surface area contributed by atoms with Gasteiger partial charge in [-0.1, -0.05) is 24.3 Å². The van der Waals surface area contributed by atoms with Crippen molar-refractivity contribution in [3.63, 3.8) is 0 Å². The largest absolute Gasteiger partial charge is 0.457 e. The molecule has 0 radical (unpaired) electrons. The number of nitrogen functional groups attached to an aromatic ring is 1. The minimum absolute atomic E-state index is 0.0435. The number of likely N-dealkylation sites (tertiary alicyclic amines) is 1. The number of hydrogen-bond acceptors (Lipinski definition) is 6. The fourth-order valence-electron chi connectivity index (χ4n) is 5.04. The number of nitrogens with zero attached hydrogens (tertiary/aromatic N) is 4. The van der Waals surface area contributed by atoms with E-state index in [1.54, 1.807) is 4.90 Å². The number of rotatable bonds is 6. The van der Waals surface area contributed by atoms with Crippen LogP contribution in [0.5, 0.6) is 11.5 Å². The summed E-state index contributed by atoms with van der Waals surface area (Å²) in [7, 11) is 0. The zero-order valence-corrected chi connectivity index (χ0v) is 20.9. The van der Waals surface area contributed by atoms with Gasteiger partial charge in [0, 0.05) is 30.3 Å². The number of ether oxygens (including phenoxy) is 1. The van der Waals surface area contributed by atoms with E-state index in [9.17, 15) is 10.1 Å². The maximum atomic E-state index is 13.1. The summed E-state index contributed by atoms with van der Waals surface area (Å²) in [5.41, 5.74) is 9.82. The lowest BCUT2D eigenvalue weighted by Gasteiger charge is -2.32. The molecule has 3 N–H and O–H groups in total. The fraction of sp³-hybridized carbons (Fsp3) is 0.267. The zero-order chi connectivity index (χ0) is 26.1. The topological polar surface area (TPSA) is 121 Å². The van der Waals surface area contributed by atoms with Crippen LogP contribution < -0.4 is 10.5 Å². The van der Waals surface area contributed by atoms with Gasteiger partial charge >= 0.3 is 0 Å². The van der Waals surface area contributed by atoms with E-state index in [0.29, 0.717) is 24.8 Å². The van der Waals surface area contributed by atoms with Crippen LogP contribution in [0.4, 0.5) is 5.82 Å². The maximum absolute atomic E-state index is 13.1. The van der Waals surface area contributed by atoms with Gasteiger partial charge in [-0.3, -0.25) is 14.9 Å². The van der Waals surface area contributed by atoms with Gasteiger partial charge in [0.25, 0.3) is 5.91 Å². The van der Waals surface area contributed by atoms with Gasteiger partial charge < -0.3 is 15.4 Å². The first kappa shape index (κ1) is 23.7. The molecule has 1 saturated heterocycles. The molecule has 1 aliphatic carbocycles. The SMILES string of the molecule is N#CC(=CC1CC1)C(=O)N1CCC[C@@H](c2cc3[nH]nc(N)c3c(-c3ccc(Oc4ccccc4)cc3)n2)C1. The van der Waals surface area contributed by atoms with Crippen LogP contribution in [0, 0.1) is 17.2 Å². The second-order valence-electron chi connectivity index (χ2n) is 9.99. The van der Waals surface area contributed by atoms with Crippen molar-refractivity contribution in [3.05, 3.63) is 78.0 Å². The first-order chi connectivity index (χ1) is 18.6. The van der Waals surface area contributed by atoms with Gasteiger partial charge in [-0.2, -0.15) is 10.4 Å². The lowest BCUT2D eigenvalue weighted by atomic mass is 9.92. The van der Waals surface area contributed by atoms with Crippen LogP contribution in [0.15, 0.2) is 72.3 Å². The number of carbonyl (C=O) groups is 1. The highest BCUT2D eigenvalue weighted by atomic mass is 16.5. The number of aromatic amines is 1. The third-order valence-corrected chi connectivity index (χ3v) is 7.20. The van der Waals surface area contributed by atoms with Crippen molar-refractivity contribution in [1.29, 1.82) is 5.26 Å². The van der Waals surface area contributed by atoms with Crippen molar-refractivity contribution in [2.75, 3.05) is 18.8 Å². The number of fused-ring (bicyclic) bond motifs is 1. The number of allylic oxidation sites excluding steroid dienone is 1. The van der Waals surface area contributed by atoms with E-state index in [1.165, 1.54) is 0 Å². The second kappa shape index (κ2) is 10.0. The highest BCUT2D eigenvalue weighted by molar-refractivity contribution is 6.00. The summed E-state index contributed by atoms with van der Waals surface area (Å²) in [5, 5.41) is 17.6. The standard InChI is InChI=1S/C30H28N6O2/c31-17-22(15-19-8-9-19)30(37)36-14-4-5-21(18-36)25-16-26-27(29(32)35-34-26)28(33-25)20-10-12-24(13-11-20)38-23-6-2-1-3-7-23/h1-3,6-7,10-13,15-16,19,21H,4-5,8-9,14,18H2,(H3,32,34,35)/t21-/m1/s1. The number of H-pyrrole nitrogens is 1. The van der Waals surface area contributed by atoms with E-state index in [1.807, 2.05) is 66.7 Å². The Bertz CT molecular complexity index is 1550. The number of para-hydroxylation sites is 1. The van der Waals surface area contributed by atoms with Crippen LogP contribution in [0.3, 0.4) is 0 Å². The summed E-state index contributed by atoms with van der Waals surface area (Å²) in [6.45, 7) is 1.17. The molecule has 1 saturated carbocycles. The molecule has 0 unspecified atom stereocenters. The van der Waals surface area contributed by atoms with Crippen LogP contribution in [-0.2, 0) is 4.79 Å². The van der Waals surface area contributed by atoms with Crippen molar-refractivity contribution in [1.82, 2.24) is 20.1 Å². The molecule has 8 heteroatoms. The first-order valence-electron chi connectivity index (χ1n) is 13.0. The van der Waals surface area contributed by atoms with Crippen LogP contribution in [0.1, 0.15) is 37.3 Å². The van der Waals surface area contributed by atoms with E-state index in [2.05, 4.69) is 16.3 Å². The average molecular weight is 505 g/mol. The number of nitrogens with one attached hydrogen (secondary N) is 1. The number of piperidine rings is 1. The number of hydrogen-bond donors (Lipinski definition) is 2. The van der Waals surface area contributed by atoms with Crippen molar-refractivity contribution in [2.45, 2.75) is 31.6 Å². The molecule has 2 fully saturated rings. The van der Waals surface area contributed by atoms with Crippen LogP contribution in [0.2, 0.25) is 0 Å². The number of nitriles is 1. The quantitative estimate of drug-likeness (QED) is 0.262. The van der Waals surface area contributed by atoms with Gasteiger partial charge in [0.15, 0.2) is 5.82 Å². The molecule has 3 heterocycles. The average Bonchev–Trinajstić information content (AvgIpc) is 3.71. The molecule has 4 aromatic rings. The summed E-state index contributed by atoms with van der Waals surface area (Å²) < 4.78 is 5.95. The Kier molecular flexibility index (Phi) is 6.26. The monoisotopic (exact) mass is 504 g/mol. The van der Waals surface area contributed by atoms with E-state index in [-0.39, 0.29) is 17.4 Å². The Balaban J connectivity index is 1.29. The molecule has 38 heavy (non-hydrogen) atoms. The molecule has 1 amide bonds. The Labute approximate surface area is 220 Å². The fourth-order valence-corrected chi connectivity index (χ4v) is 5.04. The number of anilines is 1. The normalized spacial score (nSPS) is 17.8. The zero-order valence-electron chi connectivity index (χ0n) is 20.9. The number of amides is 1. The van der Waals surface area contributed by atoms with Crippen molar-refractivity contribution in [3.8, 4) is 28.8 Å². The number of benzene rings is 2. The minimum atomic E-state index is -0.176. The molecule has 0 bridgehead atoms. The molecule has 190 valence electrons. The van der Waals surface area contributed by atoms with Gasteiger partial charge in [-0.15, -0.1) is 0 Å². The minimum Gasteiger partial charge on any atom is -0.457 e. The van der Waals surface area contributed by atoms with Gasteiger partial charge in [0.2, 0.25) is 0 Å². The summed E-state index contributed by atoms with van der Waals surface area (Å²) in [6.07, 6.45) is 5.71. The Morgan fingerprint density at radius 3 is 2.61 bits per heavy atom. The molecule has 6 rings (SSSR count).